The first-order chi connectivity index (χ1) is 15.8. The lowest BCUT2D eigenvalue weighted by atomic mass is 10.2. The summed E-state index contributed by atoms with van der Waals surface area (Å²) in [5, 5.41) is 9.16. The minimum absolute atomic E-state index is 0.0185. The molecule has 0 radical (unpaired) electrons. The number of hydrogen-bond acceptors (Lipinski definition) is 5. The zero-order valence-electron chi connectivity index (χ0n) is 18.1. The average Bonchev–Trinajstić information content (AvgIpc) is 3.15. The van der Waals surface area contributed by atoms with Gasteiger partial charge < -0.3 is 9.84 Å². The van der Waals surface area contributed by atoms with Gasteiger partial charge in [0.05, 0.1) is 6.54 Å². The molecule has 0 saturated heterocycles. The Hall–Kier alpha value is -3.79. The van der Waals surface area contributed by atoms with Gasteiger partial charge >= 0.3 is 11.7 Å². The van der Waals surface area contributed by atoms with E-state index in [2.05, 4.69) is 4.98 Å². The fraction of sp³-hybridized carbons (Fsp3) is 0.261. The number of halogens is 2. The van der Waals surface area contributed by atoms with Crippen LogP contribution < -0.4 is 16.0 Å². The summed E-state index contributed by atoms with van der Waals surface area (Å²) in [6.07, 6.45) is 0.221. The van der Waals surface area contributed by atoms with Crippen molar-refractivity contribution in [2.24, 2.45) is 7.05 Å². The van der Waals surface area contributed by atoms with Crippen LogP contribution in [0.25, 0.3) is 11.2 Å². The molecule has 4 rings (SSSR count). The molecule has 0 saturated carbocycles. The molecule has 0 aliphatic heterocycles. The Kier molecular flexibility index (Phi) is 6.10. The summed E-state index contributed by atoms with van der Waals surface area (Å²) < 4.78 is 37.1. The number of hydrogen-bond donors (Lipinski definition) is 1. The number of nitrogens with zero attached hydrogens (tertiary/aromatic N) is 4. The second-order valence-electron chi connectivity index (χ2n) is 7.62. The molecule has 8 nitrogen and oxygen atoms in total. The monoisotopic (exact) mass is 456 g/mol. The Morgan fingerprint density at radius 2 is 1.79 bits per heavy atom. The van der Waals surface area contributed by atoms with Crippen molar-refractivity contribution in [1.82, 2.24) is 18.7 Å². The van der Waals surface area contributed by atoms with E-state index in [1.165, 1.54) is 40.4 Å². The first-order valence-corrected chi connectivity index (χ1v) is 10.3. The van der Waals surface area contributed by atoms with E-state index in [4.69, 9.17) is 9.84 Å². The first-order valence-electron chi connectivity index (χ1n) is 10.3. The molecule has 0 amide bonds. The molecule has 2 heterocycles. The van der Waals surface area contributed by atoms with E-state index in [-0.39, 0.29) is 54.6 Å². The van der Waals surface area contributed by atoms with Crippen LogP contribution in [0.3, 0.4) is 0 Å². The number of benzene rings is 2. The largest absolute Gasteiger partial charge is 0.425 e. The number of aromatic nitrogens is 4. The van der Waals surface area contributed by atoms with E-state index in [9.17, 15) is 18.4 Å². The molecule has 0 fully saturated rings. The standard InChI is InChI=1S/C23H22F2N4O4/c1-14-17(25)5-3-6-18(14)33-22-26-20-19(29(22)13-15-7-9-16(24)10-8-15)21(31)28(11-4-12-30)23(32)27(20)2/h3,5-10,30H,4,11-13H2,1-2H3. The van der Waals surface area contributed by atoms with Gasteiger partial charge in [0.15, 0.2) is 11.2 Å². The zero-order valence-corrected chi connectivity index (χ0v) is 18.1. The molecular weight excluding hydrogens is 434 g/mol. The van der Waals surface area contributed by atoms with Crippen LogP contribution in [0.5, 0.6) is 11.8 Å². The van der Waals surface area contributed by atoms with Gasteiger partial charge in [-0.25, -0.2) is 13.6 Å². The van der Waals surface area contributed by atoms with Crippen LogP contribution in [0, 0.1) is 18.6 Å². The van der Waals surface area contributed by atoms with Gasteiger partial charge in [-0.05, 0) is 43.2 Å². The minimum Gasteiger partial charge on any atom is -0.425 e. The lowest BCUT2D eigenvalue weighted by molar-refractivity contribution is 0.277. The second-order valence-corrected chi connectivity index (χ2v) is 7.62. The molecule has 172 valence electrons. The lowest BCUT2D eigenvalue weighted by Crippen LogP contribution is -2.39. The topological polar surface area (TPSA) is 91.3 Å². The van der Waals surface area contributed by atoms with Crippen molar-refractivity contribution in [3.05, 3.63) is 86.1 Å². The fourth-order valence-corrected chi connectivity index (χ4v) is 3.57. The third-order valence-electron chi connectivity index (χ3n) is 5.41. The van der Waals surface area contributed by atoms with Gasteiger partial charge in [0.1, 0.15) is 17.4 Å². The highest BCUT2D eigenvalue weighted by Gasteiger charge is 2.22. The van der Waals surface area contributed by atoms with Crippen molar-refractivity contribution < 1.29 is 18.6 Å². The quantitative estimate of drug-likeness (QED) is 0.462. The molecule has 1 N–H and O–H groups in total. The maximum absolute atomic E-state index is 14.1. The summed E-state index contributed by atoms with van der Waals surface area (Å²) in [5.74, 6) is -0.668. The molecule has 0 atom stereocenters. The highest BCUT2D eigenvalue weighted by atomic mass is 19.1. The highest BCUT2D eigenvalue weighted by molar-refractivity contribution is 5.72. The molecule has 4 aromatic rings. The Bertz CT molecular complexity index is 1440. The number of imidazole rings is 1. The summed E-state index contributed by atoms with van der Waals surface area (Å²) in [4.78, 5) is 30.4. The Morgan fingerprint density at radius 1 is 1.06 bits per heavy atom. The molecule has 0 unspecified atom stereocenters. The van der Waals surface area contributed by atoms with Crippen LogP contribution in [-0.4, -0.2) is 30.4 Å². The van der Waals surface area contributed by atoms with E-state index < -0.39 is 22.9 Å². The van der Waals surface area contributed by atoms with Crippen molar-refractivity contribution in [3.8, 4) is 11.8 Å². The van der Waals surface area contributed by atoms with E-state index in [0.717, 1.165) is 4.57 Å². The minimum atomic E-state index is -0.595. The van der Waals surface area contributed by atoms with Crippen molar-refractivity contribution in [1.29, 1.82) is 0 Å². The molecule has 0 bridgehead atoms. The summed E-state index contributed by atoms with van der Waals surface area (Å²) in [6, 6.07) is 10.0. The van der Waals surface area contributed by atoms with Crippen molar-refractivity contribution in [3.63, 3.8) is 0 Å². The third-order valence-corrected chi connectivity index (χ3v) is 5.41. The van der Waals surface area contributed by atoms with Crippen molar-refractivity contribution in [2.75, 3.05) is 6.61 Å². The second kappa shape index (κ2) is 8.99. The van der Waals surface area contributed by atoms with Gasteiger partial charge in [0, 0.05) is 25.8 Å². The Labute approximate surface area is 186 Å². The van der Waals surface area contributed by atoms with Gasteiger partial charge in [0.2, 0.25) is 0 Å². The maximum atomic E-state index is 14.1. The van der Waals surface area contributed by atoms with Gasteiger partial charge in [-0.3, -0.25) is 18.5 Å². The average molecular weight is 456 g/mol. The predicted molar refractivity (Wildman–Crippen MR) is 118 cm³/mol. The SMILES string of the molecule is Cc1c(F)cccc1Oc1nc2c(c(=O)n(CCCO)c(=O)n2C)n1Cc1ccc(F)cc1. The zero-order chi connectivity index (χ0) is 23.7. The van der Waals surface area contributed by atoms with E-state index in [1.807, 2.05) is 0 Å². The van der Waals surface area contributed by atoms with E-state index in [0.29, 0.717) is 5.56 Å². The van der Waals surface area contributed by atoms with E-state index >= 15 is 0 Å². The molecular formula is C23H22F2N4O4. The number of rotatable bonds is 7. The van der Waals surface area contributed by atoms with Crippen LogP contribution in [-0.2, 0) is 20.1 Å². The van der Waals surface area contributed by atoms with Crippen LogP contribution in [0.4, 0.5) is 8.78 Å². The van der Waals surface area contributed by atoms with E-state index in [1.54, 1.807) is 25.1 Å². The maximum Gasteiger partial charge on any atom is 0.332 e. The molecule has 33 heavy (non-hydrogen) atoms. The highest BCUT2D eigenvalue weighted by Crippen LogP contribution is 2.28. The summed E-state index contributed by atoms with van der Waals surface area (Å²) in [5.41, 5.74) is -0.0681. The van der Waals surface area contributed by atoms with Gasteiger partial charge in [0.25, 0.3) is 5.56 Å². The van der Waals surface area contributed by atoms with Crippen molar-refractivity contribution >= 4 is 11.2 Å². The molecule has 10 heteroatoms. The normalized spacial score (nSPS) is 11.3. The predicted octanol–water partition coefficient (Wildman–Crippen LogP) is 2.71. The molecule has 2 aromatic carbocycles. The molecule has 0 aliphatic carbocycles. The van der Waals surface area contributed by atoms with Crippen LogP contribution in [0.1, 0.15) is 17.5 Å². The lowest BCUT2D eigenvalue weighted by Gasteiger charge is -2.12. The van der Waals surface area contributed by atoms with Crippen LogP contribution >= 0.6 is 0 Å². The van der Waals surface area contributed by atoms with Crippen LogP contribution in [0.15, 0.2) is 52.1 Å². The van der Waals surface area contributed by atoms with Gasteiger partial charge in [-0.15, -0.1) is 0 Å². The number of fused-ring (bicyclic) bond motifs is 1. The number of aliphatic hydroxyl groups is 1. The summed E-state index contributed by atoms with van der Waals surface area (Å²) >= 11 is 0. The Morgan fingerprint density at radius 3 is 2.48 bits per heavy atom. The third kappa shape index (κ3) is 4.17. The molecule has 0 spiro atoms. The smallest absolute Gasteiger partial charge is 0.332 e. The number of aliphatic hydroxyl groups excluding tert-OH is 1. The van der Waals surface area contributed by atoms with Crippen LogP contribution in [0.2, 0.25) is 0 Å². The summed E-state index contributed by atoms with van der Waals surface area (Å²) in [7, 11) is 1.48. The van der Waals surface area contributed by atoms with Gasteiger partial charge in [-0.1, -0.05) is 18.2 Å². The Balaban J connectivity index is 1.95. The molecule has 0 aliphatic rings. The molecule has 2 aromatic heterocycles. The number of aryl methyl sites for hydroxylation is 1. The first kappa shape index (κ1) is 22.4. The number of ether oxygens (including phenoxy) is 1. The summed E-state index contributed by atoms with van der Waals surface area (Å²) in [6.45, 7) is 1.48. The van der Waals surface area contributed by atoms with Gasteiger partial charge in [-0.2, -0.15) is 4.98 Å². The van der Waals surface area contributed by atoms with Crippen molar-refractivity contribution in [2.45, 2.75) is 26.4 Å². The fourth-order valence-electron chi connectivity index (χ4n) is 3.57.